The van der Waals surface area contributed by atoms with Gasteiger partial charge in [0.05, 0.1) is 12.8 Å². The van der Waals surface area contributed by atoms with Crippen molar-refractivity contribution in [3.05, 3.63) is 59.9 Å². The van der Waals surface area contributed by atoms with Crippen LogP contribution in [0.5, 0.6) is 5.75 Å². The van der Waals surface area contributed by atoms with Crippen molar-refractivity contribution in [1.82, 2.24) is 4.40 Å². The molecule has 2 aromatic heterocycles. The van der Waals surface area contributed by atoms with Gasteiger partial charge in [0.25, 0.3) is 0 Å². The molecule has 100 valence electrons. The topological polar surface area (TPSA) is 30.7 Å². The van der Waals surface area contributed by atoms with Crippen LogP contribution in [-0.4, -0.2) is 17.8 Å². The molecule has 0 saturated heterocycles. The zero-order valence-corrected chi connectivity index (χ0v) is 11.5. The molecule has 0 aliphatic carbocycles. The molecule has 0 bridgehead atoms. The second-order valence-corrected chi connectivity index (χ2v) is 4.76. The molecule has 0 radical (unpaired) electrons. The van der Waals surface area contributed by atoms with Gasteiger partial charge in [-0.05, 0) is 36.8 Å². The Morgan fingerprint density at radius 3 is 2.65 bits per heavy atom. The highest BCUT2D eigenvalue weighted by atomic mass is 16.5. The minimum Gasteiger partial charge on any atom is -0.496 e. The Morgan fingerprint density at radius 2 is 1.90 bits per heavy atom. The van der Waals surface area contributed by atoms with E-state index in [1.54, 1.807) is 7.11 Å². The van der Waals surface area contributed by atoms with Crippen LogP contribution in [0.4, 0.5) is 0 Å². The molecule has 20 heavy (non-hydrogen) atoms. The summed E-state index contributed by atoms with van der Waals surface area (Å²) in [5.41, 5.74) is 4.64. The maximum absolute atomic E-state index is 11.5. The number of methoxy groups -OCH3 is 1. The molecule has 0 fully saturated rings. The lowest BCUT2D eigenvalue weighted by Crippen LogP contribution is -1.93. The van der Waals surface area contributed by atoms with E-state index in [2.05, 4.69) is 6.07 Å². The minimum atomic E-state index is 0.643. The lowest BCUT2D eigenvalue weighted by Gasteiger charge is -2.07. The van der Waals surface area contributed by atoms with Crippen molar-refractivity contribution >= 4 is 11.8 Å². The molecule has 0 spiro atoms. The summed E-state index contributed by atoms with van der Waals surface area (Å²) < 4.78 is 7.30. The van der Waals surface area contributed by atoms with Crippen LogP contribution in [0, 0.1) is 6.92 Å². The predicted octanol–water partition coefficient (Wildman–Crippen LogP) is 3.74. The Balaban J connectivity index is 2.33. The third-order valence-corrected chi connectivity index (χ3v) is 3.48. The van der Waals surface area contributed by atoms with Crippen LogP contribution >= 0.6 is 0 Å². The average molecular weight is 265 g/mol. The third kappa shape index (κ3) is 1.88. The Hall–Kier alpha value is -2.55. The molecule has 3 nitrogen and oxygen atoms in total. The van der Waals surface area contributed by atoms with Crippen molar-refractivity contribution in [3.8, 4) is 16.9 Å². The molecule has 0 unspecified atom stereocenters. The number of nitrogens with zero attached hydrogens (tertiary/aromatic N) is 1. The Kier molecular flexibility index (Phi) is 3.03. The summed E-state index contributed by atoms with van der Waals surface area (Å²) >= 11 is 0. The van der Waals surface area contributed by atoms with Gasteiger partial charge in [-0.3, -0.25) is 4.79 Å². The third-order valence-electron chi connectivity index (χ3n) is 3.48. The number of fused-ring (bicyclic) bond motifs is 1. The van der Waals surface area contributed by atoms with Gasteiger partial charge in [-0.1, -0.05) is 18.2 Å². The normalized spacial score (nSPS) is 10.7. The fraction of sp³-hybridized carbons (Fsp3) is 0.118. The highest BCUT2D eigenvalue weighted by Crippen LogP contribution is 2.33. The molecular weight excluding hydrogens is 250 g/mol. The molecule has 2 heterocycles. The van der Waals surface area contributed by atoms with E-state index in [0.717, 1.165) is 28.7 Å². The number of para-hydroxylation sites is 1. The van der Waals surface area contributed by atoms with Crippen molar-refractivity contribution in [3.63, 3.8) is 0 Å². The van der Waals surface area contributed by atoms with E-state index >= 15 is 0 Å². The molecule has 0 aliphatic heterocycles. The van der Waals surface area contributed by atoms with Crippen LogP contribution in [0.2, 0.25) is 0 Å². The second kappa shape index (κ2) is 4.85. The van der Waals surface area contributed by atoms with Crippen molar-refractivity contribution in [1.29, 1.82) is 0 Å². The average Bonchev–Trinajstić information content (AvgIpc) is 2.84. The van der Waals surface area contributed by atoms with Gasteiger partial charge in [-0.15, -0.1) is 0 Å². The summed E-state index contributed by atoms with van der Waals surface area (Å²) in [6.45, 7) is 2.04. The molecule has 1 aromatic carbocycles. The van der Waals surface area contributed by atoms with Crippen molar-refractivity contribution in [2.45, 2.75) is 6.92 Å². The number of pyridine rings is 1. The number of rotatable bonds is 3. The molecule has 3 rings (SSSR count). The van der Waals surface area contributed by atoms with Crippen LogP contribution in [0.1, 0.15) is 16.1 Å². The summed E-state index contributed by atoms with van der Waals surface area (Å²) in [7, 11) is 1.64. The van der Waals surface area contributed by atoms with E-state index < -0.39 is 0 Å². The molecule has 0 saturated carbocycles. The van der Waals surface area contributed by atoms with Gasteiger partial charge < -0.3 is 9.14 Å². The number of hydrogen-bond acceptors (Lipinski definition) is 2. The van der Waals surface area contributed by atoms with Crippen LogP contribution in [0.25, 0.3) is 16.6 Å². The van der Waals surface area contributed by atoms with Crippen molar-refractivity contribution < 1.29 is 9.53 Å². The molecule has 0 N–H and O–H groups in total. The lowest BCUT2D eigenvalue weighted by atomic mass is 10.1. The van der Waals surface area contributed by atoms with Gasteiger partial charge >= 0.3 is 0 Å². The van der Waals surface area contributed by atoms with E-state index in [4.69, 9.17) is 4.74 Å². The number of aromatic nitrogens is 1. The smallest absolute Gasteiger partial charge is 0.167 e. The number of aldehydes is 1. The SMILES string of the molecule is COc1ccccc1-c1cc2cc(C)ccn2c1C=O. The zero-order valence-electron chi connectivity index (χ0n) is 11.5. The highest BCUT2D eigenvalue weighted by Gasteiger charge is 2.14. The molecular formula is C17H15NO2. The number of carbonyl (C=O) groups is 1. The van der Waals surface area contributed by atoms with E-state index in [1.165, 1.54) is 5.56 Å². The van der Waals surface area contributed by atoms with Crippen molar-refractivity contribution in [2.75, 3.05) is 7.11 Å². The van der Waals surface area contributed by atoms with Gasteiger partial charge in [0.1, 0.15) is 5.75 Å². The standard InChI is InChI=1S/C17H15NO2/c1-12-7-8-18-13(9-12)10-15(16(18)11-19)14-5-3-4-6-17(14)20-2/h3-11H,1-2H3. The predicted molar refractivity (Wildman–Crippen MR) is 79.5 cm³/mol. The summed E-state index contributed by atoms with van der Waals surface area (Å²) in [4.78, 5) is 11.5. The quantitative estimate of drug-likeness (QED) is 0.675. The molecule has 0 atom stereocenters. The van der Waals surface area contributed by atoms with E-state index in [9.17, 15) is 4.79 Å². The summed E-state index contributed by atoms with van der Waals surface area (Å²) in [6.07, 6.45) is 2.82. The summed E-state index contributed by atoms with van der Waals surface area (Å²) in [5, 5.41) is 0. The second-order valence-electron chi connectivity index (χ2n) is 4.76. The van der Waals surface area contributed by atoms with Crippen LogP contribution in [0.15, 0.2) is 48.7 Å². The maximum Gasteiger partial charge on any atom is 0.167 e. The first-order valence-electron chi connectivity index (χ1n) is 6.45. The van der Waals surface area contributed by atoms with Crippen LogP contribution in [0.3, 0.4) is 0 Å². The van der Waals surface area contributed by atoms with E-state index in [-0.39, 0.29) is 0 Å². The number of benzene rings is 1. The maximum atomic E-state index is 11.5. The fourth-order valence-electron chi connectivity index (χ4n) is 2.51. The Bertz CT molecular complexity index is 787. The summed E-state index contributed by atoms with van der Waals surface area (Å²) in [6, 6.07) is 13.8. The van der Waals surface area contributed by atoms with Gasteiger partial charge in [-0.25, -0.2) is 0 Å². The monoisotopic (exact) mass is 265 g/mol. The lowest BCUT2D eigenvalue weighted by molar-refractivity contribution is 0.111. The molecule has 0 aliphatic rings. The first-order valence-corrected chi connectivity index (χ1v) is 6.45. The van der Waals surface area contributed by atoms with Crippen molar-refractivity contribution in [2.24, 2.45) is 0 Å². The van der Waals surface area contributed by atoms with Crippen LogP contribution in [-0.2, 0) is 0 Å². The molecule has 3 heteroatoms. The van der Waals surface area contributed by atoms with E-state index in [0.29, 0.717) is 5.69 Å². The van der Waals surface area contributed by atoms with Gasteiger partial charge in [0.2, 0.25) is 0 Å². The van der Waals surface area contributed by atoms with E-state index in [1.807, 2.05) is 53.9 Å². The number of carbonyl (C=O) groups excluding carboxylic acids is 1. The number of hydrogen-bond donors (Lipinski definition) is 0. The van der Waals surface area contributed by atoms with Gasteiger partial charge in [0.15, 0.2) is 6.29 Å². The Labute approximate surface area is 117 Å². The molecule has 0 amide bonds. The van der Waals surface area contributed by atoms with Crippen LogP contribution < -0.4 is 4.74 Å². The number of aryl methyl sites for hydroxylation is 1. The Morgan fingerprint density at radius 1 is 1.10 bits per heavy atom. The molecule has 3 aromatic rings. The highest BCUT2D eigenvalue weighted by molar-refractivity contribution is 5.91. The van der Waals surface area contributed by atoms with Gasteiger partial charge in [-0.2, -0.15) is 0 Å². The zero-order chi connectivity index (χ0) is 14.1. The number of ether oxygens (including phenoxy) is 1. The largest absolute Gasteiger partial charge is 0.496 e. The first kappa shape index (κ1) is 12.5. The van der Waals surface area contributed by atoms with Gasteiger partial charge in [0, 0.05) is 22.8 Å². The summed E-state index contributed by atoms with van der Waals surface area (Å²) in [5.74, 6) is 0.767. The minimum absolute atomic E-state index is 0.643. The first-order chi connectivity index (χ1) is 9.74. The fourth-order valence-corrected chi connectivity index (χ4v) is 2.51.